The average Bonchev–Trinajstić information content (AvgIpc) is 2.43. The van der Waals surface area contributed by atoms with Crippen LogP contribution in [0.2, 0.25) is 0 Å². The van der Waals surface area contributed by atoms with E-state index >= 15 is 0 Å². The molecule has 2 amide bonds. The van der Waals surface area contributed by atoms with E-state index in [1.54, 1.807) is 36.2 Å². The lowest BCUT2D eigenvalue weighted by molar-refractivity contribution is -0.124. The van der Waals surface area contributed by atoms with Gasteiger partial charge in [0, 0.05) is 29.8 Å². The quantitative estimate of drug-likeness (QED) is 0.749. The zero-order valence-electron chi connectivity index (χ0n) is 15.1. The summed E-state index contributed by atoms with van der Waals surface area (Å²) in [6, 6.07) is 6.77. The lowest BCUT2D eigenvalue weighted by Crippen LogP contribution is -2.45. The zero-order valence-corrected chi connectivity index (χ0v) is 15.1. The highest BCUT2D eigenvalue weighted by Gasteiger charge is 2.15. The number of nitrogens with zero attached hydrogens (tertiary/aromatic N) is 1. The number of anilines is 1. The number of hydrogen-bond donors (Lipinski definition) is 2. The second-order valence-corrected chi connectivity index (χ2v) is 6.97. The molecule has 0 atom stereocenters. The SMILES string of the molecule is CC(=O)c1ccc(NC(=O)CCN(C)CC(=O)NC(C)(C)C)cc1. The molecule has 1 aromatic rings. The summed E-state index contributed by atoms with van der Waals surface area (Å²) in [7, 11) is 1.80. The van der Waals surface area contributed by atoms with E-state index in [9.17, 15) is 14.4 Å². The van der Waals surface area contributed by atoms with Gasteiger partial charge in [-0.1, -0.05) is 0 Å². The number of likely N-dealkylation sites (N-methyl/N-ethyl adjacent to an activating group) is 1. The van der Waals surface area contributed by atoms with Crippen molar-refractivity contribution in [1.29, 1.82) is 0 Å². The predicted octanol–water partition coefficient (Wildman–Crippen LogP) is 2.06. The Morgan fingerprint density at radius 2 is 1.62 bits per heavy atom. The number of ketones is 1. The van der Waals surface area contributed by atoms with Crippen molar-refractivity contribution in [2.45, 2.75) is 39.7 Å². The molecule has 0 saturated carbocycles. The molecule has 6 heteroatoms. The van der Waals surface area contributed by atoms with Crippen molar-refractivity contribution in [2.24, 2.45) is 0 Å². The minimum absolute atomic E-state index is 0.0111. The monoisotopic (exact) mass is 333 g/mol. The van der Waals surface area contributed by atoms with Gasteiger partial charge < -0.3 is 10.6 Å². The molecule has 0 fully saturated rings. The molecule has 0 aromatic heterocycles. The second kappa shape index (κ2) is 8.59. The van der Waals surface area contributed by atoms with E-state index in [2.05, 4.69) is 10.6 Å². The van der Waals surface area contributed by atoms with Crippen LogP contribution in [0.3, 0.4) is 0 Å². The van der Waals surface area contributed by atoms with E-state index < -0.39 is 0 Å². The molecule has 0 unspecified atom stereocenters. The summed E-state index contributed by atoms with van der Waals surface area (Å²) in [5, 5.41) is 5.66. The highest BCUT2D eigenvalue weighted by Crippen LogP contribution is 2.10. The summed E-state index contributed by atoms with van der Waals surface area (Å²) in [5.41, 5.74) is 0.997. The largest absolute Gasteiger partial charge is 0.350 e. The summed E-state index contributed by atoms with van der Waals surface area (Å²) in [4.78, 5) is 36.8. The van der Waals surface area contributed by atoms with Crippen LogP contribution in [-0.4, -0.2) is 48.2 Å². The molecule has 0 saturated heterocycles. The first kappa shape index (κ1) is 19.8. The Kier molecular flexibility index (Phi) is 7.10. The van der Waals surface area contributed by atoms with Gasteiger partial charge in [0.05, 0.1) is 6.54 Å². The van der Waals surface area contributed by atoms with Gasteiger partial charge in [-0.2, -0.15) is 0 Å². The molecule has 1 rings (SSSR count). The van der Waals surface area contributed by atoms with E-state index in [1.165, 1.54) is 6.92 Å². The van der Waals surface area contributed by atoms with Gasteiger partial charge in [-0.3, -0.25) is 19.3 Å². The third kappa shape index (κ3) is 7.87. The number of carbonyl (C=O) groups excluding carboxylic acids is 3. The number of carbonyl (C=O) groups is 3. The number of Topliss-reactive ketones (excluding diaryl/α,β-unsaturated/α-hetero) is 1. The van der Waals surface area contributed by atoms with Crippen molar-refractivity contribution < 1.29 is 14.4 Å². The highest BCUT2D eigenvalue weighted by molar-refractivity contribution is 5.95. The lowest BCUT2D eigenvalue weighted by Gasteiger charge is -2.23. The minimum Gasteiger partial charge on any atom is -0.350 e. The van der Waals surface area contributed by atoms with Crippen molar-refractivity contribution in [3.63, 3.8) is 0 Å². The van der Waals surface area contributed by atoms with E-state index in [0.717, 1.165) is 0 Å². The Labute approximate surface area is 143 Å². The predicted molar refractivity (Wildman–Crippen MR) is 95.1 cm³/mol. The second-order valence-electron chi connectivity index (χ2n) is 6.97. The topological polar surface area (TPSA) is 78.5 Å². The Bertz CT molecular complexity index is 589. The first-order valence-electron chi connectivity index (χ1n) is 7.97. The molecule has 132 valence electrons. The average molecular weight is 333 g/mol. The molecule has 6 nitrogen and oxygen atoms in total. The van der Waals surface area contributed by atoms with E-state index in [-0.39, 0.29) is 36.1 Å². The minimum atomic E-state index is -0.263. The Balaban J connectivity index is 2.37. The van der Waals surface area contributed by atoms with Crippen LogP contribution in [0.1, 0.15) is 44.5 Å². The van der Waals surface area contributed by atoms with Gasteiger partial charge >= 0.3 is 0 Å². The summed E-state index contributed by atoms with van der Waals surface area (Å²) >= 11 is 0. The lowest BCUT2D eigenvalue weighted by atomic mass is 10.1. The van der Waals surface area contributed by atoms with Gasteiger partial charge in [0.2, 0.25) is 11.8 Å². The van der Waals surface area contributed by atoms with Crippen molar-refractivity contribution in [2.75, 3.05) is 25.5 Å². The first-order chi connectivity index (χ1) is 11.1. The van der Waals surface area contributed by atoms with Crippen LogP contribution >= 0.6 is 0 Å². The fraction of sp³-hybridized carbons (Fsp3) is 0.500. The molecule has 2 N–H and O–H groups in total. The van der Waals surface area contributed by atoms with Gasteiger partial charge in [-0.05, 0) is 59.0 Å². The van der Waals surface area contributed by atoms with E-state index in [4.69, 9.17) is 0 Å². The molecule has 0 bridgehead atoms. The maximum atomic E-state index is 11.9. The fourth-order valence-electron chi connectivity index (χ4n) is 2.09. The summed E-state index contributed by atoms with van der Waals surface area (Å²) in [6.07, 6.45) is 0.285. The van der Waals surface area contributed by atoms with Crippen LogP contribution in [-0.2, 0) is 9.59 Å². The molecule has 0 aliphatic heterocycles. The van der Waals surface area contributed by atoms with Gasteiger partial charge in [-0.15, -0.1) is 0 Å². The molecule has 0 aliphatic carbocycles. The van der Waals surface area contributed by atoms with Crippen molar-refractivity contribution >= 4 is 23.3 Å². The van der Waals surface area contributed by atoms with Crippen molar-refractivity contribution in [1.82, 2.24) is 10.2 Å². The molecular weight excluding hydrogens is 306 g/mol. The van der Waals surface area contributed by atoms with Crippen LogP contribution < -0.4 is 10.6 Å². The molecule has 1 aromatic carbocycles. The molecule has 0 aliphatic rings. The van der Waals surface area contributed by atoms with E-state index in [1.807, 2.05) is 20.8 Å². The fourth-order valence-corrected chi connectivity index (χ4v) is 2.09. The Hall–Kier alpha value is -2.21. The number of rotatable bonds is 7. The maximum absolute atomic E-state index is 11.9. The third-order valence-electron chi connectivity index (χ3n) is 3.22. The van der Waals surface area contributed by atoms with Crippen LogP contribution in [0, 0.1) is 0 Å². The van der Waals surface area contributed by atoms with Crippen LogP contribution in [0.5, 0.6) is 0 Å². The number of hydrogen-bond acceptors (Lipinski definition) is 4. The molecule has 0 radical (unpaired) electrons. The zero-order chi connectivity index (χ0) is 18.3. The molecule has 0 heterocycles. The normalized spacial score (nSPS) is 11.2. The van der Waals surface area contributed by atoms with Crippen LogP contribution in [0.15, 0.2) is 24.3 Å². The Morgan fingerprint density at radius 1 is 1.04 bits per heavy atom. The first-order valence-corrected chi connectivity index (χ1v) is 7.97. The molecular formula is C18H27N3O3. The molecule has 0 spiro atoms. The van der Waals surface area contributed by atoms with Gasteiger partial charge in [0.25, 0.3) is 0 Å². The summed E-state index contributed by atoms with van der Waals surface area (Å²) in [5.74, 6) is -0.207. The highest BCUT2D eigenvalue weighted by atomic mass is 16.2. The van der Waals surface area contributed by atoms with E-state index in [0.29, 0.717) is 17.8 Å². The van der Waals surface area contributed by atoms with Crippen LogP contribution in [0.25, 0.3) is 0 Å². The van der Waals surface area contributed by atoms with Gasteiger partial charge in [-0.25, -0.2) is 0 Å². The summed E-state index contributed by atoms with van der Waals surface area (Å²) < 4.78 is 0. The summed E-state index contributed by atoms with van der Waals surface area (Å²) in [6.45, 7) is 8.01. The molecule has 24 heavy (non-hydrogen) atoms. The van der Waals surface area contributed by atoms with Crippen molar-refractivity contribution in [3.8, 4) is 0 Å². The standard InChI is InChI=1S/C18H27N3O3/c1-13(22)14-6-8-15(9-7-14)19-16(23)10-11-21(5)12-17(24)20-18(2,3)4/h6-9H,10-12H2,1-5H3,(H,19,23)(H,20,24). The number of benzene rings is 1. The van der Waals surface area contributed by atoms with Gasteiger partial charge in [0.15, 0.2) is 5.78 Å². The van der Waals surface area contributed by atoms with Crippen LogP contribution in [0.4, 0.5) is 5.69 Å². The maximum Gasteiger partial charge on any atom is 0.234 e. The number of nitrogens with one attached hydrogen (secondary N) is 2. The smallest absolute Gasteiger partial charge is 0.234 e. The number of amides is 2. The Morgan fingerprint density at radius 3 is 2.12 bits per heavy atom. The van der Waals surface area contributed by atoms with Gasteiger partial charge in [0.1, 0.15) is 0 Å². The third-order valence-corrected chi connectivity index (χ3v) is 3.22. The van der Waals surface area contributed by atoms with Crippen molar-refractivity contribution in [3.05, 3.63) is 29.8 Å².